The summed E-state index contributed by atoms with van der Waals surface area (Å²) in [5.41, 5.74) is 16.1. The Hall–Kier alpha value is -0.490. The molecule has 0 aromatic heterocycles. The second-order valence-electron chi connectivity index (χ2n) is 3.05. The lowest BCUT2D eigenvalue weighted by molar-refractivity contribution is -0.120. The molecule has 0 saturated carbocycles. The fraction of sp³-hybridized carbons (Fsp3) is 0.875. The van der Waals surface area contributed by atoms with Crippen molar-refractivity contribution >= 4 is 5.78 Å². The number of nitrogens with one attached hydrogen (secondary N) is 1. The first kappa shape index (κ1) is 12.5. The van der Waals surface area contributed by atoms with Crippen LogP contribution in [0.1, 0.15) is 26.2 Å². The maximum Gasteiger partial charge on any atom is 0.149 e. The first-order chi connectivity index (χ1) is 6.07. The monoisotopic (exact) mass is 188 g/mol. The molecule has 0 fully saturated rings. The van der Waals surface area contributed by atoms with Crippen molar-refractivity contribution in [1.82, 2.24) is 5.32 Å². The van der Waals surface area contributed by atoms with Crippen LogP contribution in [0.15, 0.2) is 0 Å². The van der Waals surface area contributed by atoms with Gasteiger partial charge < -0.3 is 17.2 Å². The Morgan fingerprint density at radius 1 is 1.38 bits per heavy atom. The topological polar surface area (TPSA) is 107 Å². The fourth-order valence-corrected chi connectivity index (χ4v) is 1.01. The minimum atomic E-state index is -0.488. The van der Waals surface area contributed by atoms with Gasteiger partial charge >= 0.3 is 0 Å². The second-order valence-corrected chi connectivity index (χ2v) is 3.05. The zero-order chi connectivity index (χ0) is 10.3. The molecule has 78 valence electrons. The quantitative estimate of drug-likeness (QED) is 0.298. The average Bonchev–Trinajstić information content (AvgIpc) is 2.10. The van der Waals surface area contributed by atoms with Crippen LogP contribution in [0.4, 0.5) is 0 Å². The molecule has 1 atom stereocenters. The van der Waals surface area contributed by atoms with Crippen molar-refractivity contribution in [3.63, 3.8) is 0 Å². The smallest absolute Gasteiger partial charge is 0.149 e. The van der Waals surface area contributed by atoms with Crippen LogP contribution in [-0.2, 0) is 4.79 Å². The highest BCUT2D eigenvalue weighted by Gasteiger charge is 2.09. The van der Waals surface area contributed by atoms with Crippen LogP contribution >= 0.6 is 0 Å². The van der Waals surface area contributed by atoms with E-state index in [0.717, 1.165) is 6.42 Å². The summed E-state index contributed by atoms with van der Waals surface area (Å²) in [6, 6.07) is -0.333. The maximum atomic E-state index is 11.0. The molecule has 5 nitrogen and oxygen atoms in total. The third-order valence-electron chi connectivity index (χ3n) is 1.83. The molecule has 0 spiro atoms. The molecule has 0 heterocycles. The van der Waals surface area contributed by atoms with Gasteiger partial charge in [0.1, 0.15) is 12.1 Å². The number of hydrogen-bond acceptors (Lipinski definition) is 5. The predicted molar refractivity (Wildman–Crippen MR) is 52.7 cm³/mol. The standard InChI is InChI=1S/C8H20N4O/c1-2-7(13)6(9)4-3-5-12-8(10)11/h6,8,12H,2-5,9-11H2,1H3/t6-/m0/s1. The van der Waals surface area contributed by atoms with Crippen molar-refractivity contribution in [2.75, 3.05) is 6.54 Å². The van der Waals surface area contributed by atoms with E-state index < -0.39 is 6.29 Å². The van der Waals surface area contributed by atoms with E-state index in [0.29, 0.717) is 19.4 Å². The summed E-state index contributed by atoms with van der Waals surface area (Å²) in [6.45, 7) is 2.51. The molecule has 0 unspecified atom stereocenters. The number of hydrogen-bond donors (Lipinski definition) is 4. The minimum absolute atomic E-state index is 0.108. The Morgan fingerprint density at radius 2 is 2.00 bits per heavy atom. The van der Waals surface area contributed by atoms with Gasteiger partial charge in [0.05, 0.1) is 6.04 Å². The SMILES string of the molecule is CCC(=O)[C@@H](N)CCCNC(N)N. The van der Waals surface area contributed by atoms with Gasteiger partial charge in [0, 0.05) is 6.42 Å². The van der Waals surface area contributed by atoms with Crippen LogP contribution < -0.4 is 22.5 Å². The zero-order valence-electron chi connectivity index (χ0n) is 8.12. The van der Waals surface area contributed by atoms with Crippen molar-refractivity contribution in [1.29, 1.82) is 0 Å². The highest BCUT2D eigenvalue weighted by atomic mass is 16.1. The first-order valence-electron chi connectivity index (χ1n) is 4.60. The van der Waals surface area contributed by atoms with Gasteiger partial charge in [-0.05, 0) is 19.4 Å². The van der Waals surface area contributed by atoms with E-state index in [-0.39, 0.29) is 11.8 Å². The number of ketones is 1. The summed E-state index contributed by atoms with van der Waals surface area (Å²) in [7, 11) is 0. The minimum Gasteiger partial charge on any atom is -0.322 e. The van der Waals surface area contributed by atoms with E-state index in [1.165, 1.54) is 0 Å². The van der Waals surface area contributed by atoms with Gasteiger partial charge in [-0.15, -0.1) is 0 Å². The molecule has 0 aromatic rings. The molecule has 0 aliphatic rings. The predicted octanol–water partition coefficient (Wildman–Crippen LogP) is -1.14. The lowest BCUT2D eigenvalue weighted by Crippen LogP contribution is -2.45. The second kappa shape index (κ2) is 6.97. The molecule has 0 aliphatic carbocycles. The summed E-state index contributed by atoms with van der Waals surface area (Å²) in [6.07, 6.45) is 1.52. The summed E-state index contributed by atoms with van der Waals surface area (Å²) in [5.74, 6) is 0.108. The average molecular weight is 188 g/mol. The Labute approximate surface area is 79.0 Å². The lowest BCUT2D eigenvalue weighted by atomic mass is 10.1. The van der Waals surface area contributed by atoms with Crippen LogP contribution in [0.2, 0.25) is 0 Å². The Morgan fingerprint density at radius 3 is 2.46 bits per heavy atom. The van der Waals surface area contributed by atoms with Crippen molar-refractivity contribution in [2.45, 2.75) is 38.5 Å². The van der Waals surface area contributed by atoms with Crippen molar-refractivity contribution in [3.8, 4) is 0 Å². The number of carbonyl (C=O) groups is 1. The molecule has 0 rings (SSSR count). The van der Waals surface area contributed by atoms with E-state index in [4.69, 9.17) is 17.2 Å². The first-order valence-corrected chi connectivity index (χ1v) is 4.60. The molecule has 0 aliphatic heterocycles. The van der Waals surface area contributed by atoms with Gasteiger partial charge in [0.2, 0.25) is 0 Å². The van der Waals surface area contributed by atoms with Crippen LogP contribution in [0.25, 0.3) is 0 Å². The van der Waals surface area contributed by atoms with Crippen molar-refractivity contribution in [3.05, 3.63) is 0 Å². The Balaban J connectivity index is 3.37. The van der Waals surface area contributed by atoms with E-state index >= 15 is 0 Å². The van der Waals surface area contributed by atoms with Crippen molar-refractivity contribution in [2.24, 2.45) is 17.2 Å². The third-order valence-corrected chi connectivity index (χ3v) is 1.83. The summed E-state index contributed by atoms with van der Waals surface area (Å²) in [4.78, 5) is 11.0. The lowest BCUT2D eigenvalue weighted by Gasteiger charge is -2.10. The van der Waals surface area contributed by atoms with Crippen molar-refractivity contribution < 1.29 is 4.79 Å². The summed E-state index contributed by atoms with van der Waals surface area (Å²) in [5, 5.41) is 2.85. The summed E-state index contributed by atoms with van der Waals surface area (Å²) >= 11 is 0. The Bertz CT molecular complexity index is 149. The van der Waals surface area contributed by atoms with Gasteiger partial charge in [-0.1, -0.05) is 6.92 Å². The van der Waals surface area contributed by atoms with Gasteiger partial charge in [-0.2, -0.15) is 0 Å². The number of carbonyl (C=O) groups excluding carboxylic acids is 1. The van der Waals surface area contributed by atoms with Gasteiger partial charge in [0.15, 0.2) is 0 Å². The van der Waals surface area contributed by atoms with Gasteiger partial charge in [-0.25, -0.2) is 0 Å². The third kappa shape index (κ3) is 6.65. The number of nitrogens with two attached hydrogens (primary N) is 3. The highest BCUT2D eigenvalue weighted by Crippen LogP contribution is 1.97. The molecule has 5 heteroatoms. The van der Waals surface area contributed by atoms with E-state index in [9.17, 15) is 4.79 Å². The molecular weight excluding hydrogens is 168 g/mol. The van der Waals surface area contributed by atoms with Gasteiger partial charge in [0.25, 0.3) is 0 Å². The number of rotatable bonds is 7. The van der Waals surface area contributed by atoms with Crippen LogP contribution in [-0.4, -0.2) is 24.7 Å². The normalized spacial score (nSPS) is 13.3. The fourth-order valence-electron chi connectivity index (χ4n) is 1.01. The highest BCUT2D eigenvalue weighted by molar-refractivity contribution is 5.83. The molecule has 13 heavy (non-hydrogen) atoms. The van der Waals surface area contributed by atoms with E-state index in [2.05, 4.69) is 5.32 Å². The molecule has 7 N–H and O–H groups in total. The maximum absolute atomic E-state index is 11.0. The van der Waals surface area contributed by atoms with Gasteiger partial charge in [-0.3, -0.25) is 10.1 Å². The number of Topliss-reactive ketones (excluding diaryl/α,β-unsaturated/α-hetero) is 1. The molecule has 0 amide bonds. The van der Waals surface area contributed by atoms with Crippen LogP contribution in [0, 0.1) is 0 Å². The van der Waals surface area contributed by atoms with E-state index in [1.54, 1.807) is 0 Å². The largest absolute Gasteiger partial charge is 0.322 e. The van der Waals surface area contributed by atoms with Crippen LogP contribution in [0.3, 0.4) is 0 Å². The molecule has 0 bridgehead atoms. The summed E-state index contributed by atoms with van der Waals surface area (Å²) < 4.78 is 0. The van der Waals surface area contributed by atoms with Crippen LogP contribution in [0.5, 0.6) is 0 Å². The Kier molecular flexibility index (Phi) is 6.70. The molecule has 0 aromatic carbocycles. The molecular formula is C8H20N4O. The molecule has 0 radical (unpaired) electrons. The van der Waals surface area contributed by atoms with E-state index in [1.807, 2.05) is 6.92 Å². The zero-order valence-corrected chi connectivity index (χ0v) is 8.12. The molecule has 0 saturated heterocycles.